The SMILES string of the molecule is COC(=O)CN(CC(=O)OC)C(=O)C1CC(=O)N(c2ccc(Br)c(C)c2)C1. The predicted molar refractivity (Wildman–Crippen MR) is 100.0 cm³/mol. The molecule has 1 aromatic rings. The first-order valence-electron chi connectivity index (χ1n) is 8.25. The zero-order chi connectivity index (χ0) is 20.1. The van der Waals surface area contributed by atoms with Crippen molar-refractivity contribution in [3.05, 3.63) is 28.2 Å². The molecule has 9 heteroatoms. The lowest BCUT2D eigenvalue weighted by Gasteiger charge is -2.23. The third-order valence-corrected chi connectivity index (χ3v) is 5.22. The number of carbonyl (C=O) groups is 4. The number of hydrogen-bond acceptors (Lipinski definition) is 6. The van der Waals surface area contributed by atoms with Gasteiger partial charge < -0.3 is 19.3 Å². The third kappa shape index (κ3) is 5.06. The van der Waals surface area contributed by atoms with Crippen LogP contribution in [0.3, 0.4) is 0 Å². The van der Waals surface area contributed by atoms with E-state index in [0.717, 1.165) is 14.9 Å². The molecule has 1 heterocycles. The summed E-state index contributed by atoms with van der Waals surface area (Å²) in [6.45, 7) is 1.32. The fraction of sp³-hybridized carbons (Fsp3) is 0.444. The topological polar surface area (TPSA) is 93.2 Å². The Bertz CT molecular complexity index is 748. The van der Waals surface area contributed by atoms with Gasteiger partial charge in [-0.05, 0) is 30.7 Å². The molecule has 2 rings (SSSR count). The number of benzene rings is 1. The zero-order valence-electron chi connectivity index (χ0n) is 15.4. The van der Waals surface area contributed by atoms with Gasteiger partial charge in [0.1, 0.15) is 13.1 Å². The fourth-order valence-corrected chi connectivity index (χ4v) is 3.08. The monoisotopic (exact) mass is 440 g/mol. The van der Waals surface area contributed by atoms with Crippen LogP contribution in [-0.4, -0.2) is 62.5 Å². The Morgan fingerprint density at radius 2 is 1.78 bits per heavy atom. The van der Waals surface area contributed by atoms with Crippen LogP contribution in [0.15, 0.2) is 22.7 Å². The minimum atomic E-state index is -0.657. The minimum Gasteiger partial charge on any atom is -0.468 e. The maximum atomic E-state index is 12.8. The van der Waals surface area contributed by atoms with Crippen molar-refractivity contribution in [3.63, 3.8) is 0 Å². The Morgan fingerprint density at radius 1 is 1.19 bits per heavy atom. The molecule has 1 unspecified atom stereocenters. The molecule has 1 aliphatic rings. The molecule has 8 nitrogen and oxygen atoms in total. The summed E-state index contributed by atoms with van der Waals surface area (Å²) < 4.78 is 10.1. The highest BCUT2D eigenvalue weighted by Crippen LogP contribution is 2.29. The predicted octanol–water partition coefficient (Wildman–Crippen LogP) is 1.29. The summed E-state index contributed by atoms with van der Waals surface area (Å²) in [6, 6.07) is 5.49. The van der Waals surface area contributed by atoms with Crippen LogP contribution in [0.4, 0.5) is 5.69 Å². The van der Waals surface area contributed by atoms with Crippen molar-refractivity contribution in [1.29, 1.82) is 0 Å². The van der Waals surface area contributed by atoms with Crippen LogP contribution in [0.2, 0.25) is 0 Å². The number of nitrogens with zero attached hydrogens (tertiary/aromatic N) is 2. The molecule has 0 N–H and O–H groups in total. The second kappa shape index (κ2) is 8.98. The summed E-state index contributed by atoms with van der Waals surface area (Å²) in [7, 11) is 2.39. The van der Waals surface area contributed by atoms with Crippen LogP contribution < -0.4 is 4.90 Å². The molecule has 146 valence electrons. The van der Waals surface area contributed by atoms with Gasteiger partial charge in [-0.3, -0.25) is 19.2 Å². The molecule has 1 saturated heterocycles. The van der Waals surface area contributed by atoms with Gasteiger partial charge >= 0.3 is 11.9 Å². The van der Waals surface area contributed by atoms with Crippen molar-refractivity contribution < 1.29 is 28.7 Å². The molecule has 0 saturated carbocycles. The molecular formula is C18H21BrN2O6. The van der Waals surface area contributed by atoms with Gasteiger partial charge in [0.15, 0.2) is 0 Å². The fourth-order valence-electron chi connectivity index (χ4n) is 2.83. The van der Waals surface area contributed by atoms with Crippen LogP contribution in [0.25, 0.3) is 0 Å². The van der Waals surface area contributed by atoms with Gasteiger partial charge in [-0.1, -0.05) is 15.9 Å². The van der Waals surface area contributed by atoms with Crippen molar-refractivity contribution >= 4 is 45.4 Å². The molecule has 0 aliphatic carbocycles. The molecule has 0 bridgehead atoms. The summed E-state index contributed by atoms with van der Waals surface area (Å²) in [5, 5.41) is 0. The first kappa shape index (κ1) is 20.9. The van der Waals surface area contributed by atoms with E-state index in [9.17, 15) is 19.2 Å². The second-order valence-electron chi connectivity index (χ2n) is 6.19. The number of hydrogen-bond donors (Lipinski definition) is 0. The van der Waals surface area contributed by atoms with E-state index in [2.05, 4.69) is 25.4 Å². The van der Waals surface area contributed by atoms with Crippen LogP contribution in [0.1, 0.15) is 12.0 Å². The van der Waals surface area contributed by atoms with E-state index in [0.29, 0.717) is 5.69 Å². The molecule has 0 spiro atoms. The number of anilines is 1. The Hall–Kier alpha value is -2.42. The number of carbonyl (C=O) groups excluding carboxylic acids is 4. The van der Waals surface area contributed by atoms with Crippen molar-refractivity contribution in [2.75, 3.05) is 38.8 Å². The standard InChI is InChI=1S/C18H21BrN2O6/c1-11-6-13(4-5-14(11)19)21-8-12(7-15(21)22)18(25)20(9-16(23)26-2)10-17(24)27-3/h4-6,12H,7-10H2,1-3H3. The van der Waals surface area contributed by atoms with Crippen LogP contribution in [-0.2, 0) is 28.7 Å². The Labute approximate surface area is 165 Å². The van der Waals surface area contributed by atoms with Crippen LogP contribution in [0.5, 0.6) is 0 Å². The van der Waals surface area contributed by atoms with Crippen molar-refractivity contribution in [3.8, 4) is 0 Å². The van der Waals surface area contributed by atoms with Gasteiger partial charge in [0.25, 0.3) is 0 Å². The molecule has 0 aromatic heterocycles. The van der Waals surface area contributed by atoms with E-state index in [1.165, 1.54) is 19.1 Å². The second-order valence-corrected chi connectivity index (χ2v) is 7.04. The quantitative estimate of drug-likeness (QED) is 0.618. The summed E-state index contributed by atoms with van der Waals surface area (Å²) in [5.74, 6) is -2.62. The minimum absolute atomic E-state index is 0.00674. The van der Waals surface area contributed by atoms with Crippen LogP contribution >= 0.6 is 15.9 Å². The maximum absolute atomic E-state index is 12.8. The number of methoxy groups -OCH3 is 2. The number of aryl methyl sites for hydroxylation is 1. The first-order chi connectivity index (χ1) is 12.8. The zero-order valence-corrected chi connectivity index (χ0v) is 16.9. The summed E-state index contributed by atoms with van der Waals surface area (Å²) >= 11 is 3.41. The number of amides is 2. The molecule has 1 atom stereocenters. The highest BCUT2D eigenvalue weighted by Gasteiger charge is 2.38. The summed E-state index contributed by atoms with van der Waals surface area (Å²) in [6.07, 6.45) is 0.00674. The highest BCUT2D eigenvalue weighted by atomic mass is 79.9. The van der Waals surface area contributed by atoms with Gasteiger partial charge in [-0.15, -0.1) is 0 Å². The van der Waals surface area contributed by atoms with E-state index in [1.807, 2.05) is 19.1 Å². The molecule has 27 heavy (non-hydrogen) atoms. The molecule has 1 aliphatic heterocycles. The van der Waals surface area contributed by atoms with Crippen LogP contribution in [0, 0.1) is 12.8 Å². The molecule has 0 radical (unpaired) electrons. The number of rotatable bonds is 6. The lowest BCUT2D eigenvalue weighted by atomic mass is 10.1. The van der Waals surface area contributed by atoms with E-state index in [4.69, 9.17) is 0 Å². The van der Waals surface area contributed by atoms with E-state index in [-0.39, 0.29) is 32.0 Å². The van der Waals surface area contributed by atoms with Gasteiger partial charge in [0.05, 0.1) is 20.1 Å². The molecule has 1 aromatic carbocycles. The van der Waals surface area contributed by atoms with Gasteiger partial charge in [-0.2, -0.15) is 0 Å². The number of ether oxygens (including phenoxy) is 2. The Morgan fingerprint density at radius 3 is 2.30 bits per heavy atom. The normalized spacial score (nSPS) is 16.2. The Balaban J connectivity index is 2.16. The maximum Gasteiger partial charge on any atom is 0.325 e. The van der Waals surface area contributed by atoms with Gasteiger partial charge in [-0.25, -0.2) is 0 Å². The van der Waals surface area contributed by atoms with Crippen molar-refractivity contribution in [1.82, 2.24) is 4.90 Å². The summed E-state index contributed by atoms with van der Waals surface area (Å²) in [5.41, 5.74) is 1.66. The largest absolute Gasteiger partial charge is 0.468 e. The summed E-state index contributed by atoms with van der Waals surface area (Å²) in [4.78, 5) is 51.0. The third-order valence-electron chi connectivity index (χ3n) is 4.33. The lowest BCUT2D eigenvalue weighted by Crippen LogP contribution is -2.44. The number of esters is 2. The van der Waals surface area contributed by atoms with Gasteiger partial charge in [0, 0.05) is 23.1 Å². The van der Waals surface area contributed by atoms with E-state index in [1.54, 1.807) is 6.07 Å². The number of halogens is 1. The first-order valence-corrected chi connectivity index (χ1v) is 9.05. The lowest BCUT2D eigenvalue weighted by molar-refractivity contribution is -0.153. The van der Waals surface area contributed by atoms with Gasteiger partial charge in [0.2, 0.25) is 11.8 Å². The molecule has 2 amide bonds. The van der Waals surface area contributed by atoms with Crippen molar-refractivity contribution in [2.45, 2.75) is 13.3 Å². The van der Waals surface area contributed by atoms with E-state index >= 15 is 0 Å². The highest BCUT2D eigenvalue weighted by molar-refractivity contribution is 9.10. The Kier molecular flexibility index (Phi) is 6.95. The molecule has 1 fully saturated rings. The molecular weight excluding hydrogens is 420 g/mol. The average Bonchev–Trinajstić information content (AvgIpc) is 3.04. The van der Waals surface area contributed by atoms with E-state index < -0.39 is 23.8 Å². The average molecular weight is 441 g/mol. The smallest absolute Gasteiger partial charge is 0.325 e. The van der Waals surface area contributed by atoms with Crippen molar-refractivity contribution in [2.24, 2.45) is 5.92 Å².